The van der Waals surface area contributed by atoms with Gasteiger partial charge in [0.15, 0.2) is 0 Å². The van der Waals surface area contributed by atoms with E-state index in [2.05, 4.69) is 6.92 Å². The lowest BCUT2D eigenvalue weighted by atomic mass is 9.64. The molecule has 0 aliphatic heterocycles. The van der Waals surface area contributed by atoms with Crippen molar-refractivity contribution >= 4 is 11.8 Å². The zero-order valence-electron chi connectivity index (χ0n) is 18.3. The molecule has 0 bridgehead atoms. The fraction of sp³-hybridized carbons (Fsp3) is 0.920. The summed E-state index contributed by atoms with van der Waals surface area (Å²) in [5, 5.41) is 0. The fourth-order valence-electron chi connectivity index (χ4n) is 6.47. The van der Waals surface area contributed by atoms with Crippen molar-refractivity contribution in [2.75, 3.05) is 6.61 Å². The minimum Gasteiger partial charge on any atom is -0.465 e. The Kier molecular flexibility index (Phi) is 8.41. The molecule has 0 aromatic heterocycles. The smallest absolute Gasteiger partial charge is 0.316 e. The molecule has 2 unspecified atom stereocenters. The van der Waals surface area contributed by atoms with E-state index in [4.69, 9.17) is 4.74 Å². The Labute approximate surface area is 172 Å². The molecule has 0 aromatic carbocycles. The van der Waals surface area contributed by atoms with E-state index in [-0.39, 0.29) is 11.8 Å². The van der Waals surface area contributed by atoms with Crippen molar-refractivity contribution in [3.8, 4) is 0 Å². The zero-order chi connectivity index (χ0) is 19.9. The molecule has 3 nitrogen and oxygen atoms in total. The number of unbranched alkanes of at least 4 members (excludes halogenated alkanes) is 1. The van der Waals surface area contributed by atoms with E-state index in [0.717, 1.165) is 24.2 Å². The molecular formula is C25H42O3. The highest BCUT2D eigenvalue weighted by Gasteiger charge is 2.39. The highest BCUT2D eigenvalue weighted by Crippen LogP contribution is 2.45. The van der Waals surface area contributed by atoms with E-state index in [1.54, 1.807) is 0 Å². The van der Waals surface area contributed by atoms with Gasteiger partial charge < -0.3 is 4.74 Å². The lowest BCUT2D eigenvalue weighted by molar-refractivity contribution is -0.153. The van der Waals surface area contributed by atoms with Gasteiger partial charge in [-0.25, -0.2) is 0 Å². The number of ether oxygens (including phenoxy) is 1. The highest BCUT2D eigenvalue weighted by atomic mass is 16.5. The lowest BCUT2D eigenvalue weighted by Crippen LogP contribution is -2.36. The monoisotopic (exact) mass is 390 g/mol. The van der Waals surface area contributed by atoms with Gasteiger partial charge in [-0.15, -0.1) is 0 Å². The first-order chi connectivity index (χ1) is 13.6. The van der Waals surface area contributed by atoms with Gasteiger partial charge in [-0.1, -0.05) is 39.0 Å². The van der Waals surface area contributed by atoms with E-state index < -0.39 is 5.92 Å². The van der Waals surface area contributed by atoms with Crippen molar-refractivity contribution in [3.63, 3.8) is 0 Å². The molecule has 28 heavy (non-hydrogen) atoms. The van der Waals surface area contributed by atoms with E-state index in [1.165, 1.54) is 70.6 Å². The number of esters is 1. The third-order valence-electron chi connectivity index (χ3n) is 8.26. The van der Waals surface area contributed by atoms with E-state index in [9.17, 15) is 9.59 Å². The molecule has 0 spiro atoms. The molecule has 0 saturated heterocycles. The fourth-order valence-corrected chi connectivity index (χ4v) is 6.47. The molecule has 0 radical (unpaired) electrons. The molecule has 0 N–H and O–H groups in total. The summed E-state index contributed by atoms with van der Waals surface area (Å²) in [7, 11) is 0. The number of hydrogen-bond donors (Lipinski definition) is 0. The first-order valence-corrected chi connectivity index (χ1v) is 12.3. The van der Waals surface area contributed by atoms with Crippen LogP contribution in [0.1, 0.15) is 104 Å². The van der Waals surface area contributed by atoms with Crippen LogP contribution >= 0.6 is 0 Å². The first kappa shape index (κ1) is 21.8. The van der Waals surface area contributed by atoms with Crippen molar-refractivity contribution in [1.29, 1.82) is 0 Å². The van der Waals surface area contributed by atoms with Crippen molar-refractivity contribution in [2.24, 2.45) is 35.5 Å². The standard InChI is InChI=1S/C25H42O3/c1-3-5-6-18-7-9-19(10-8-18)20-11-13-21(14-12-20)22-15-16-23(24(26)17-22)25(27)28-4-2/h18-23H,3-17H2,1-2H3/t18-,19-,20?,21?,22?,23?. The molecule has 3 rings (SSSR count). The minimum absolute atomic E-state index is 0.141. The summed E-state index contributed by atoms with van der Waals surface area (Å²) in [6.45, 7) is 4.49. The number of ketones is 1. The Morgan fingerprint density at radius 1 is 0.821 bits per heavy atom. The molecule has 0 heterocycles. The van der Waals surface area contributed by atoms with Crippen molar-refractivity contribution in [3.05, 3.63) is 0 Å². The maximum atomic E-state index is 12.5. The molecule has 3 saturated carbocycles. The van der Waals surface area contributed by atoms with Crippen LogP contribution in [0.4, 0.5) is 0 Å². The molecule has 3 fully saturated rings. The van der Waals surface area contributed by atoms with Gasteiger partial charge in [0.05, 0.1) is 6.61 Å². The Morgan fingerprint density at radius 2 is 1.36 bits per heavy atom. The summed E-state index contributed by atoms with van der Waals surface area (Å²) >= 11 is 0. The second-order valence-electron chi connectivity index (χ2n) is 9.91. The molecule has 3 heteroatoms. The normalized spacial score (nSPS) is 36.9. The van der Waals surface area contributed by atoms with Gasteiger partial charge in [0.25, 0.3) is 0 Å². The van der Waals surface area contributed by atoms with Gasteiger partial charge in [-0.3, -0.25) is 9.59 Å². The van der Waals surface area contributed by atoms with Crippen LogP contribution in [-0.2, 0) is 14.3 Å². The van der Waals surface area contributed by atoms with E-state index in [0.29, 0.717) is 31.3 Å². The average Bonchev–Trinajstić information content (AvgIpc) is 2.73. The molecule has 3 aliphatic rings. The van der Waals surface area contributed by atoms with Gasteiger partial charge in [0.1, 0.15) is 11.7 Å². The molecule has 0 aromatic rings. The molecule has 0 amide bonds. The second-order valence-corrected chi connectivity index (χ2v) is 9.91. The summed E-state index contributed by atoms with van der Waals surface area (Å²) in [4.78, 5) is 24.4. The van der Waals surface area contributed by atoms with Crippen LogP contribution in [0.5, 0.6) is 0 Å². The number of Topliss-reactive ketones (excluding diaryl/α,β-unsaturated/α-hetero) is 1. The molecule has 2 atom stereocenters. The molecule has 3 aliphatic carbocycles. The Balaban J connectivity index is 1.39. The first-order valence-electron chi connectivity index (χ1n) is 12.3. The SMILES string of the molecule is CCCC[C@H]1CC[C@H](C2CCC(C3CCC(C(=O)OCC)C(=O)C3)CC2)CC1. The maximum absolute atomic E-state index is 12.5. The summed E-state index contributed by atoms with van der Waals surface area (Å²) in [5.74, 6) is 3.53. The van der Waals surface area contributed by atoms with Crippen molar-refractivity contribution in [2.45, 2.75) is 104 Å². The Hall–Kier alpha value is -0.860. The molecule has 160 valence electrons. The lowest BCUT2D eigenvalue weighted by Gasteiger charge is -2.41. The van der Waals surface area contributed by atoms with Gasteiger partial charge in [-0.05, 0) is 87.9 Å². The summed E-state index contributed by atoms with van der Waals surface area (Å²) < 4.78 is 5.08. The van der Waals surface area contributed by atoms with Gasteiger partial charge in [0.2, 0.25) is 0 Å². The number of carbonyl (C=O) groups is 2. The van der Waals surface area contributed by atoms with Gasteiger partial charge in [0, 0.05) is 6.42 Å². The summed E-state index contributed by atoms with van der Waals surface area (Å²) in [5.41, 5.74) is 0. The minimum atomic E-state index is -0.476. The van der Waals surface area contributed by atoms with Crippen molar-refractivity contribution in [1.82, 2.24) is 0 Å². The number of carbonyl (C=O) groups excluding carboxylic acids is 2. The Bertz CT molecular complexity index is 498. The number of rotatable bonds is 7. The summed E-state index contributed by atoms with van der Waals surface area (Å²) in [6, 6.07) is 0. The van der Waals surface area contributed by atoms with Crippen LogP contribution in [0.15, 0.2) is 0 Å². The van der Waals surface area contributed by atoms with E-state index in [1.807, 2.05) is 6.92 Å². The largest absolute Gasteiger partial charge is 0.465 e. The quantitative estimate of drug-likeness (QED) is 0.376. The topological polar surface area (TPSA) is 43.4 Å². The molecular weight excluding hydrogens is 348 g/mol. The van der Waals surface area contributed by atoms with Crippen LogP contribution in [0.25, 0.3) is 0 Å². The van der Waals surface area contributed by atoms with E-state index >= 15 is 0 Å². The van der Waals surface area contributed by atoms with Crippen LogP contribution in [-0.4, -0.2) is 18.4 Å². The predicted molar refractivity (Wildman–Crippen MR) is 113 cm³/mol. The predicted octanol–water partition coefficient (Wildman–Crippen LogP) is 6.34. The van der Waals surface area contributed by atoms with Crippen LogP contribution in [0.2, 0.25) is 0 Å². The third kappa shape index (κ3) is 5.60. The Morgan fingerprint density at radius 3 is 1.89 bits per heavy atom. The zero-order valence-corrected chi connectivity index (χ0v) is 18.3. The second kappa shape index (κ2) is 10.8. The highest BCUT2D eigenvalue weighted by molar-refractivity contribution is 5.99. The van der Waals surface area contributed by atoms with Crippen LogP contribution in [0, 0.1) is 35.5 Å². The third-order valence-corrected chi connectivity index (χ3v) is 8.26. The maximum Gasteiger partial charge on any atom is 0.316 e. The van der Waals surface area contributed by atoms with Gasteiger partial charge in [-0.2, -0.15) is 0 Å². The number of hydrogen-bond acceptors (Lipinski definition) is 3. The van der Waals surface area contributed by atoms with Crippen LogP contribution in [0.3, 0.4) is 0 Å². The van der Waals surface area contributed by atoms with Gasteiger partial charge >= 0.3 is 5.97 Å². The van der Waals surface area contributed by atoms with Crippen molar-refractivity contribution < 1.29 is 14.3 Å². The van der Waals surface area contributed by atoms with Crippen LogP contribution < -0.4 is 0 Å². The average molecular weight is 391 g/mol. The summed E-state index contributed by atoms with van der Waals surface area (Å²) in [6.07, 6.45) is 17.8.